The number of nitrogens with zero attached hydrogens (tertiary/aromatic N) is 4. The Morgan fingerprint density at radius 1 is 1.12 bits per heavy atom. The van der Waals surface area contributed by atoms with Crippen LogP contribution in [0.2, 0.25) is 10.0 Å². The van der Waals surface area contributed by atoms with E-state index in [1.165, 1.54) is 23.4 Å². The molecule has 0 saturated carbocycles. The molecular formula is C31H33Cl2FN4O4. The Kier molecular flexibility index (Phi) is 8.02. The highest BCUT2D eigenvalue weighted by molar-refractivity contribution is 6.30. The lowest BCUT2D eigenvalue weighted by Crippen LogP contribution is -2.49. The number of rotatable bonds is 7. The summed E-state index contributed by atoms with van der Waals surface area (Å²) >= 11 is 12.3. The van der Waals surface area contributed by atoms with E-state index < -0.39 is 29.2 Å². The second kappa shape index (κ2) is 11.4. The highest BCUT2D eigenvalue weighted by Crippen LogP contribution is 2.50. The zero-order valence-corrected chi connectivity index (χ0v) is 25.0. The molecular weight excluding hydrogens is 582 g/mol. The normalized spacial score (nSPS) is 24.7. The molecule has 3 aromatic rings. The number of carbonyl (C=O) groups excluding carboxylic acids is 1. The van der Waals surface area contributed by atoms with Crippen LogP contribution in [0.5, 0.6) is 0 Å². The van der Waals surface area contributed by atoms with E-state index in [0.717, 1.165) is 25.9 Å². The van der Waals surface area contributed by atoms with Crippen molar-refractivity contribution in [1.29, 1.82) is 0 Å². The second-order valence-corrected chi connectivity index (χ2v) is 12.4. The summed E-state index contributed by atoms with van der Waals surface area (Å²) in [6.45, 7) is 4.08. The molecule has 0 bridgehead atoms. The largest absolute Gasteiger partial charge is 0.385 e. The molecule has 1 amide bonds. The third-order valence-electron chi connectivity index (χ3n) is 8.82. The van der Waals surface area contributed by atoms with Crippen LogP contribution in [-0.4, -0.2) is 70.2 Å². The molecule has 3 aliphatic rings. The van der Waals surface area contributed by atoms with Crippen molar-refractivity contribution in [2.45, 2.75) is 50.2 Å². The summed E-state index contributed by atoms with van der Waals surface area (Å²) in [4.78, 5) is 26.7. The fourth-order valence-corrected chi connectivity index (χ4v) is 6.62. The summed E-state index contributed by atoms with van der Waals surface area (Å²) in [5.74, 6) is -0.881. The van der Waals surface area contributed by atoms with Crippen LogP contribution in [0, 0.1) is 11.7 Å². The van der Waals surface area contributed by atoms with Gasteiger partial charge < -0.3 is 19.5 Å². The summed E-state index contributed by atoms with van der Waals surface area (Å²) < 4.78 is 29.1. The van der Waals surface area contributed by atoms with Gasteiger partial charge in [-0.15, -0.1) is 0 Å². The number of amides is 1. The number of likely N-dealkylation sites (tertiary alicyclic amines) is 1. The molecule has 1 unspecified atom stereocenters. The first-order chi connectivity index (χ1) is 20.1. The van der Waals surface area contributed by atoms with E-state index in [1.54, 1.807) is 37.3 Å². The zero-order chi connectivity index (χ0) is 29.6. The molecule has 42 heavy (non-hydrogen) atoms. The van der Waals surface area contributed by atoms with Crippen molar-refractivity contribution >= 4 is 29.1 Å². The standard InChI is InChI=1S/C31H33Cl2FN4O4/c1-30(40,19-7-10-37(2)11-8-19)21-13-25-28(26(34)14-21)31(42-24-9-12-41-18-24,20-3-5-22(32)6-4-20)38(29(25)39)17-27-35-15-23(33)16-36-27/h3-6,13-16,19,24,40H,7-12,17-18H2,1-2H3/t24-,30?,31+/m0/s1. The van der Waals surface area contributed by atoms with Crippen LogP contribution < -0.4 is 0 Å². The smallest absolute Gasteiger partial charge is 0.257 e. The maximum Gasteiger partial charge on any atom is 0.257 e. The van der Waals surface area contributed by atoms with Gasteiger partial charge in [-0.05, 0) is 82.1 Å². The number of hydrogen-bond acceptors (Lipinski definition) is 7. The number of aliphatic hydroxyl groups is 1. The molecule has 2 saturated heterocycles. The lowest BCUT2D eigenvalue weighted by atomic mass is 9.76. The van der Waals surface area contributed by atoms with Crippen molar-refractivity contribution in [1.82, 2.24) is 19.8 Å². The van der Waals surface area contributed by atoms with Crippen molar-refractivity contribution in [3.8, 4) is 0 Å². The maximum absolute atomic E-state index is 16.7. The van der Waals surface area contributed by atoms with E-state index in [-0.39, 0.29) is 23.6 Å². The number of piperidine rings is 1. The molecule has 0 radical (unpaired) electrons. The van der Waals surface area contributed by atoms with Gasteiger partial charge in [-0.25, -0.2) is 14.4 Å². The van der Waals surface area contributed by atoms with Crippen LogP contribution in [0.3, 0.4) is 0 Å². The van der Waals surface area contributed by atoms with E-state index in [2.05, 4.69) is 14.9 Å². The first kappa shape index (κ1) is 29.4. The van der Waals surface area contributed by atoms with Gasteiger partial charge in [0.1, 0.15) is 11.6 Å². The van der Waals surface area contributed by atoms with Crippen molar-refractivity contribution in [2.24, 2.45) is 5.92 Å². The molecule has 8 nitrogen and oxygen atoms in total. The van der Waals surface area contributed by atoms with Gasteiger partial charge in [0.05, 0.1) is 41.0 Å². The van der Waals surface area contributed by atoms with Gasteiger partial charge in [0.2, 0.25) is 5.72 Å². The summed E-state index contributed by atoms with van der Waals surface area (Å²) in [6, 6.07) is 9.82. The summed E-state index contributed by atoms with van der Waals surface area (Å²) in [7, 11) is 2.05. The number of carbonyl (C=O) groups is 1. The Morgan fingerprint density at radius 2 is 1.81 bits per heavy atom. The molecule has 2 fully saturated rings. The minimum atomic E-state index is -1.67. The Labute approximate surface area is 254 Å². The molecule has 0 aliphatic carbocycles. The van der Waals surface area contributed by atoms with Gasteiger partial charge in [-0.1, -0.05) is 35.3 Å². The Hall–Kier alpha value is -2.66. The van der Waals surface area contributed by atoms with Crippen LogP contribution in [0.4, 0.5) is 4.39 Å². The average Bonchev–Trinajstić information content (AvgIpc) is 3.56. The van der Waals surface area contributed by atoms with E-state index >= 15 is 4.39 Å². The summed E-state index contributed by atoms with van der Waals surface area (Å²) in [5, 5.41) is 12.6. The molecule has 1 aromatic heterocycles. The van der Waals surface area contributed by atoms with Crippen LogP contribution in [0.25, 0.3) is 0 Å². The maximum atomic E-state index is 16.7. The van der Waals surface area contributed by atoms with Gasteiger partial charge in [0.25, 0.3) is 5.91 Å². The fourth-order valence-electron chi connectivity index (χ4n) is 6.40. The summed E-state index contributed by atoms with van der Waals surface area (Å²) in [6.07, 6.45) is 4.59. The summed E-state index contributed by atoms with van der Waals surface area (Å²) in [5.41, 5.74) is -1.91. The number of aromatic nitrogens is 2. The minimum Gasteiger partial charge on any atom is -0.385 e. The molecule has 2 aromatic carbocycles. The molecule has 4 heterocycles. The number of ether oxygens (including phenoxy) is 2. The van der Waals surface area contributed by atoms with Crippen molar-refractivity contribution in [2.75, 3.05) is 33.4 Å². The van der Waals surface area contributed by atoms with Gasteiger partial charge in [-0.2, -0.15) is 0 Å². The van der Waals surface area contributed by atoms with Gasteiger partial charge in [0, 0.05) is 29.6 Å². The number of fused-ring (bicyclic) bond motifs is 1. The van der Waals surface area contributed by atoms with Crippen molar-refractivity contribution in [3.63, 3.8) is 0 Å². The van der Waals surface area contributed by atoms with Crippen LogP contribution >= 0.6 is 23.2 Å². The van der Waals surface area contributed by atoms with Crippen molar-refractivity contribution in [3.05, 3.63) is 92.7 Å². The molecule has 0 spiro atoms. The third kappa shape index (κ3) is 5.20. The topological polar surface area (TPSA) is 88.0 Å². The van der Waals surface area contributed by atoms with Crippen LogP contribution in [0.1, 0.15) is 59.1 Å². The molecule has 3 aliphatic heterocycles. The molecule has 1 N–H and O–H groups in total. The number of benzene rings is 2. The molecule has 11 heteroatoms. The highest BCUT2D eigenvalue weighted by Gasteiger charge is 2.56. The molecule has 6 rings (SSSR count). The van der Waals surface area contributed by atoms with E-state index in [4.69, 9.17) is 32.7 Å². The Morgan fingerprint density at radius 3 is 2.45 bits per heavy atom. The van der Waals surface area contributed by atoms with Gasteiger partial charge in [0.15, 0.2) is 0 Å². The first-order valence-corrected chi connectivity index (χ1v) is 14.9. The number of hydrogen-bond donors (Lipinski definition) is 1. The predicted molar refractivity (Wildman–Crippen MR) is 156 cm³/mol. The van der Waals surface area contributed by atoms with Crippen LogP contribution in [-0.2, 0) is 27.3 Å². The van der Waals surface area contributed by atoms with Crippen molar-refractivity contribution < 1.29 is 23.8 Å². The van der Waals surface area contributed by atoms with E-state index in [9.17, 15) is 9.90 Å². The van der Waals surface area contributed by atoms with E-state index in [0.29, 0.717) is 46.6 Å². The van der Waals surface area contributed by atoms with Gasteiger partial charge in [-0.3, -0.25) is 9.69 Å². The second-order valence-electron chi connectivity index (χ2n) is 11.6. The average molecular weight is 616 g/mol. The highest BCUT2D eigenvalue weighted by atomic mass is 35.5. The lowest BCUT2D eigenvalue weighted by molar-refractivity contribution is -0.149. The Balaban J connectivity index is 1.52. The van der Waals surface area contributed by atoms with E-state index in [1.807, 2.05) is 7.05 Å². The van der Waals surface area contributed by atoms with Crippen LogP contribution in [0.15, 0.2) is 48.8 Å². The fraction of sp³-hybridized carbons (Fsp3) is 0.452. The monoisotopic (exact) mass is 614 g/mol. The van der Waals surface area contributed by atoms with Gasteiger partial charge >= 0.3 is 0 Å². The predicted octanol–water partition coefficient (Wildman–Crippen LogP) is 5.13. The SMILES string of the molecule is CN1CCC(C(C)(O)c2cc(F)c3c(c2)C(=O)N(Cc2ncc(Cl)cn2)[C@@]3(O[C@H]2CCOC2)c2ccc(Cl)cc2)CC1. The number of halogens is 3. The quantitative estimate of drug-likeness (QED) is 0.394. The molecule has 222 valence electrons. The lowest BCUT2D eigenvalue weighted by Gasteiger charge is -2.41. The third-order valence-corrected chi connectivity index (χ3v) is 9.26. The molecule has 3 atom stereocenters. The zero-order valence-electron chi connectivity index (χ0n) is 23.5. The first-order valence-electron chi connectivity index (χ1n) is 14.1. The Bertz CT molecular complexity index is 1460. The minimum absolute atomic E-state index is 0.0820.